The number of ether oxygens (including phenoxy) is 4. The van der Waals surface area contributed by atoms with Crippen molar-refractivity contribution in [2.45, 2.75) is 57.7 Å². The van der Waals surface area contributed by atoms with Crippen molar-refractivity contribution >= 4 is 17.9 Å². The van der Waals surface area contributed by atoms with E-state index in [2.05, 4.69) is 0 Å². The first-order valence-electron chi connectivity index (χ1n) is 10.2. The smallest absolute Gasteiger partial charge is 0.305 e. The Morgan fingerprint density at radius 3 is 2.70 bits per heavy atom. The maximum Gasteiger partial charge on any atom is 0.305 e. The van der Waals surface area contributed by atoms with Crippen LogP contribution in [0.15, 0.2) is 30.4 Å². The number of rotatable bonds is 8. The highest BCUT2D eigenvalue weighted by Crippen LogP contribution is 2.52. The van der Waals surface area contributed by atoms with Gasteiger partial charge in [0.15, 0.2) is 0 Å². The summed E-state index contributed by atoms with van der Waals surface area (Å²) in [5.74, 6) is -0.0270. The Morgan fingerprint density at radius 2 is 2.00 bits per heavy atom. The van der Waals surface area contributed by atoms with Crippen molar-refractivity contribution in [2.24, 2.45) is 5.92 Å². The zero-order valence-electron chi connectivity index (χ0n) is 17.6. The standard InChI is InChI=1S/C23H28O7/c1-14(24)28-12-6-10-17-19(29-15(2)25)13-20-22(17)18-9-4-7-16(23(18)30-20)8-5-11-21(26)27-3/h4,6-7,9-10,17,19-20,22H,5,8,11-13H2,1-3H3. The van der Waals surface area contributed by atoms with Crippen LogP contribution in [0.4, 0.5) is 0 Å². The van der Waals surface area contributed by atoms with Crippen molar-refractivity contribution in [2.75, 3.05) is 13.7 Å². The van der Waals surface area contributed by atoms with E-state index in [1.165, 1.54) is 21.0 Å². The molecule has 0 bridgehead atoms. The van der Waals surface area contributed by atoms with E-state index in [-0.39, 0.29) is 48.6 Å². The SMILES string of the molecule is COC(=O)CCCc1cccc2c1OC1CC(OC(C)=O)C(C=CCOC(C)=O)C21. The lowest BCUT2D eigenvalue weighted by molar-refractivity contribution is -0.147. The van der Waals surface area contributed by atoms with Gasteiger partial charge in [-0.2, -0.15) is 0 Å². The van der Waals surface area contributed by atoms with Crippen molar-refractivity contribution in [3.8, 4) is 5.75 Å². The highest BCUT2D eigenvalue weighted by Gasteiger charge is 2.50. The molecular weight excluding hydrogens is 388 g/mol. The summed E-state index contributed by atoms with van der Waals surface area (Å²) in [4.78, 5) is 34.0. The number of hydrogen-bond donors (Lipinski definition) is 0. The largest absolute Gasteiger partial charge is 0.489 e. The molecule has 0 N–H and O–H groups in total. The number of methoxy groups -OCH3 is 1. The van der Waals surface area contributed by atoms with E-state index in [4.69, 9.17) is 18.9 Å². The zero-order chi connectivity index (χ0) is 21.7. The molecule has 2 aliphatic rings. The van der Waals surface area contributed by atoms with Gasteiger partial charge in [0.1, 0.15) is 24.6 Å². The van der Waals surface area contributed by atoms with Crippen molar-refractivity contribution in [1.29, 1.82) is 0 Å². The molecule has 0 spiro atoms. The Balaban J connectivity index is 1.78. The van der Waals surface area contributed by atoms with Crippen molar-refractivity contribution in [3.63, 3.8) is 0 Å². The molecule has 1 fully saturated rings. The molecule has 30 heavy (non-hydrogen) atoms. The molecular formula is C23H28O7. The second kappa shape index (κ2) is 9.78. The van der Waals surface area contributed by atoms with E-state index in [0.717, 1.165) is 23.3 Å². The number of carbonyl (C=O) groups excluding carboxylic acids is 3. The predicted molar refractivity (Wildman–Crippen MR) is 108 cm³/mol. The lowest BCUT2D eigenvalue weighted by atomic mass is 9.86. The van der Waals surface area contributed by atoms with Crippen LogP contribution in [0.2, 0.25) is 0 Å². The van der Waals surface area contributed by atoms with Crippen molar-refractivity contribution in [1.82, 2.24) is 0 Å². The lowest BCUT2D eigenvalue weighted by Crippen LogP contribution is -2.22. The Labute approximate surface area is 176 Å². The number of benzene rings is 1. The van der Waals surface area contributed by atoms with Crippen LogP contribution >= 0.6 is 0 Å². The molecule has 0 radical (unpaired) electrons. The maximum atomic E-state index is 11.6. The molecule has 4 atom stereocenters. The Bertz CT molecular complexity index is 829. The Hall–Kier alpha value is -2.83. The van der Waals surface area contributed by atoms with Gasteiger partial charge in [-0.1, -0.05) is 30.4 Å². The van der Waals surface area contributed by atoms with Crippen LogP contribution in [0.25, 0.3) is 0 Å². The monoisotopic (exact) mass is 416 g/mol. The first kappa shape index (κ1) is 21.9. The number of esters is 3. The molecule has 7 heteroatoms. The third-order valence-electron chi connectivity index (χ3n) is 5.58. The van der Waals surface area contributed by atoms with Crippen LogP contribution in [0.3, 0.4) is 0 Å². The number of para-hydroxylation sites is 1. The summed E-state index contributed by atoms with van der Waals surface area (Å²) in [5.41, 5.74) is 2.16. The summed E-state index contributed by atoms with van der Waals surface area (Å²) < 4.78 is 21.6. The minimum atomic E-state index is -0.341. The summed E-state index contributed by atoms with van der Waals surface area (Å²) in [7, 11) is 1.39. The van der Waals surface area contributed by atoms with Gasteiger partial charge in [0, 0.05) is 44.1 Å². The van der Waals surface area contributed by atoms with Gasteiger partial charge in [-0.15, -0.1) is 0 Å². The third-order valence-corrected chi connectivity index (χ3v) is 5.58. The molecule has 3 rings (SSSR count). The van der Waals surface area contributed by atoms with Crippen molar-refractivity contribution in [3.05, 3.63) is 41.5 Å². The lowest BCUT2D eigenvalue weighted by Gasteiger charge is -2.21. The summed E-state index contributed by atoms with van der Waals surface area (Å²) >= 11 is 0. The van der Waals surface area contributed by atoms with Gasteiger partial charge in [-0.3, -0.25) is 14.4 Å². The van der Waals surface area contributed by atoms with Crippen LogP contribution in [-0.4, -0.2) is 43.8 Å². The quantitative estimate of drug-likeness (QED) is 0.365. The molecule has 1 heterocycles. The molecule has 1 aromatic rings. The van der Waals surface area contributed by atoms with E-state index in [1.807, 2.05) is 24.3 Å². The second-order valence-electron chi connectivity index (χ2n) is 7.64. The topological polar surface area (TPSA) is 88.1 Å². The van der Waals surface area contributed by atoms with Gasteiger partial charge < -0.3 is 18.9 Å². The average Bonchev–Trinajstić information content (AvgIpc) is 3.21. The summed E-state index contributed by atoms with van der Waals surface area (Å²) in [5, 5.41) is 0. The maximum absolute atomic E-state index is 11.6. The van der Waals surface area contributed by atoms with E-state index in [1.54, 1.807) is 6.08 Å². The predicted octanol–water partition coefficient (Wildman–Crippen LogP) is 3.10. The van der Waals surface area contributed by atoms with E-state index in [0.29, 0.717) is 19.3 Å². The fourth-order valence-electron chi connectivity index (χ4n) is 4.39. The highest BCUT2D eigenvalue weighted by molar-refractivity contribution is 5.69. The second-order valence-corrected chi connectivity index (χ2v) is 7.64. The van der Waals surface area contributed by atoms with Crippen LogP contribution in [0.1, 0.15) is 50.2 Å². The number of aryl methyl sites for hydroxylation is 1. The van der Waals surface area contributed by atoms with Crippen molar-refractivity contribution < 1.29 is 33.3 Å². The summed E-state index contributed by atoms with van der Waals surface area (Å²) in [6, 6.07) is 6.07. The summed E-state index contributed by atoms with van der Waals surface area (Å²) in [6.45, 7) is 2.95. The minimum Gasteiger partial charge on any atom is -0.489 e. The molecule has 0 amide bonds. The molecule has 1 aliphatic heterocycles. The Kier molecular flexibility index (Phi) is 7.13. The molecule has 1 saturated carbocycles. The minimum absolute atomic E-state index is 0.0542. The van der Waals surface area contributed by atoms with Crippen LogP contribution in [-0.2, 0) is 35.0 Å². The summed E-state index contributed by atoms with van der Waals surface area (Å²) in [6.07, 6.45) is 5.75. The Morgan fingerprint density at radius 1 is 1.20 bits per heavy atom. The van der Waals surface area contributed by atoms with Crippen LogP contribution < -0.4 is 4.74 Å². The molecule has 1 aromatic carbocycles. The van der Waals surface area contributed by atoms with E-state index < -0.39 is 0 Å². The number of hydrogen-bond acceptors (Lipinski definition) is 7. The fourth-order valence-corrected chi connectivity index (χ4v) is 4.39. The number of fused-ring (bicyclic) bond motifs is 3. The van der Waals surface area contributed by atoms with Crippen LogP contribution in [0.5, 0.6) is 5.75 Å². The molecule has 162 valence electrons. The fraction of sp³-hybridized carbons (Fsp3) is 0.522. The molecule has 7 nitrogen and oxygen atoms in total. The zero-order valence-corrected chi connectivity index (χ0v) is 17.6. The highest BCUT2D eigenvalue weighted by atomic mass is 16.6. The van der Waals surface area contributed by atoms with Gasteiger partial charge in [0.2, 0.25) is 0 Å². The molecule has 0 aromatic heterocycles. The van der Waals surface area contributed by atoms with Gasteiger partial charge in [0.25, 0.3) is 0 Å². The third kappa shape index (κ3) is 5.01. The first-order valence-corrected chi connectivity index (χ1v) is 10.2. The molecule has 1 aliphatic carbocycles. The van der Waals surface area contributed by atoms with Gasteiger partial charge >= 0.3 is 17.9 Å². The first-order chi connectivity index (χ1) is 14.4. The van der Waals surface area contributed by atoms with E-state index in [9.17, 15) is 14.4 Å². The molecule has 0 saturated heterocycles. The number of carbonyl (C=O) groups is 3. The van der Waals surface area contributed by atoms with Gasteiger partial charge in [-0.25, -0.2) is 0 Å². The molecule has 4 unspecified atom stereocenters. The van der Waals surface area contributed by atoms with Gasteiger partial charge in [-0.05, 0) is 18.4 Å². The van der Waals surface area contributed by atoms with E-state index >= 15 is 0 Å². The average molecular weight is 416 g/mol. The normalized spacial score (nSPS) is 24.1. The van der Waals surface area contributed by atoms with Gasteiger partial charge in [0.05, 0.1) is 7.11 Å². The van der Waals surface area contributed by atoms with Crippen LogP contribution in [0, 0.1) is 5.92 Å².